The molecule has 0 radical (unpaired) electrons. The van der Waals surface area contributed by atoms with E-state index in [2.05, 4.69) is 24.3 Å². The number of hydrogen-bond acceptors (Lipinski definition) is 1. The van der Waals surface area contributed by atoms with E-state index in [9.17, 15) is 4.79 Å². The van der Waals surface area contributed by atoms with Gasteiger partial charge in [0.2, 0.25) is 0 Å². The quantitative estimate of drug-likeness (QED) is 0.734. The Hall–Kier alpha value is -2.87. The molecule has 0 spiro atoms. The van der Waals surface area contributed by atoms with E-state index in [0.717, 1.165) is 27.8 Å². The summed E-state index contributed by atoms with van der Waals surface area (Å²) in [5.74, 6) is -0.897. The predicted molar refractivity (Wildman–Crippen MR) is 89.0 cm³/mol. The van der Waals surface area contributed by atoms with Crippen molar-refractivity contribution in [3.05, 3.63) is 83.9 Å². The zero-order valence-corrected chi connectivity index (χ0v) is 12.3. The molecule has 0 fully saturated rings. The van der Waals surface area contributed by atoms with Gasteiger partial charge in [0.15, 0.2) is 0 Å². The number of aryl methyl sites for hydroxylation is 1. The van der Waals surface area contributed by atoms with E-state index in [-0.39, 0.29) is 0 Å². The van der Waals surface area contributed by atoms with Crippen molar-refractivity contribution in [1.29, 1.82) is 0 Å². The molecule has 0 saturated heterocycles. The third kappa shape index (κ3) is 2.63. The first-order valence-electron chi connectivity index (χ1n) is 7.15. The molecule has 0 aromatic heterocycles. The topological polar surface area (TPSA) is 37.3 Å². The third-order valence-electron chi connectivity index (χ3n) is 3.78. The second-order valence-electron chi connectivity index (χ2n) is 5.25. The van der Waals surface area contributed by atoms with Crippen LogP contribution in [-0.2, 0) is 0 Å². The summed E-state index contributed by atoms with van der Waals surface area (Å²) in [4.78, 5) is 11.1. The van der Waals surface area contributed by atoms with E-state index in [4.69, 9.17) is 5.11 Å². The van der Waals surface area contributed by atoms with Crippen LogP contribution in [0.4, 0.5) is 0 Å². The first kappa shape index (κ1) is 14.1. The van der Waals surface area contributed by atoms with Crippen LogP contribution in [0.5, 0.6) is 0 Å². The largest absolute Gasteiger partial charge is 0.478 e. The molecule has 0 saturated carbocycles. The van der Waals surface area contributed by atoms with E-state index < -0.39 is 5.97 Å². The fraction of sp³-hybridized carbons (Fsp3) is 0.0500. The Morgan fingerprint density at radius 1 is 0.773 bits per heavy atom. The van der Waals surface area contributed by atoms with Crippen molar-refractivity contribution in [2.75, 3.05) is 0 Å². The summed E-state index contributed by atoms with van der Waals surface area (Å²) in [5, 5.41) is 9.10. The smallest absolute Gasteiger partial charge is 0.335 e. The molecule has 3 aromatic rings. The average molecular weight is 288 g/mol. The van der Waals surface area contributed by atoms with Crippen molar-refractivity contribution in [2.45, 2.75) is 6.92 Å². The fourth-order valence-electron chi connectivity index (χ4n) is 2.69. The van der Waals surface area contributed by atoms with Crippen molar-refractivity contribution in [3.63, 3.8) is 0 Å². The molecule has 0 aliphatic carbocycles. The molecule has 1 N–H and O–H groups in total. The molecule has 0 aliphatic heterocycles. The molecular weight excluding hydrogens is 272 g/mol. The third-order valence-corrected chi connectivity index (χ3v) is 3.78. The van der Waals surface area contributed by atoms with Crippen LogP contribution in [0.1, 0.15) is 15.9 Å². The fourth-order valence-corrected chi connectivity index (χ4v) is 2.69. The predicted octanol–water partition coefficient (Wildman–Crippen LogP) is 5.03. The highest BCUT2D eigenvalue weighted by atomic mass is 16.4. The number of aromatic carboxylic acids is 1. The maximum Gasteiger partial charge on any atom is 0.335 e. The van der Waals surface area contributed by atoms with E-state index in [1.807, 2.05) is 43.3 Å². The highest BCUT2D eigenvalue weighted by Crippen LogP contribution is 2.33. The SMILES string of the molecule is Cc1cc(C(=O)O)ccc1-c1ccccc1-c1ccccc1. The maximum absolute atomic E-state index is 11.1. The van der Waals surface area contributed by atoms with Gasteiger partial charge in [-0.05, 0) is 46.9 Å². The Bertz CT molecular complexity index is 820. The van der Waals surface area contributed by atoms with Gasteiger partial charge in [-0.3, -0.25) is 0 Å². The highest BCUT2D eigenvalue weighted by Gasteiger charge is 2.11. The number of benzene rings is 3. The van der Waals surface area contributed by atoms with Gasteiger partial charge >= 0.3 is 5.97 Å². The van der Waals surface area contributed by atoms with Gasteiger partial charge in [-0.15, -0.1) is 0 Å². The van der Waals surface area contributed by atoms with Crippen molar-refractivity contribution >= 4 is 5.97 Å². The average Bonchev–Trinajstić information content (AvgIpc) is 2.55. The van der Waals surface area contributed by atoms with Crippen LogP contribution >= 0.6 is 0 Å². The van der Waals surface area contributed by atoms with Gasteiger partial charge in [-0.2, -0.15) is 0 Å². The standard InChI is InChI=1S/C20H16O2/c1-14-13-16(20(21)22)11-12-17(14)19-10-6-5-9-18(19)15-7-3-2-4-8-15/h2-13H,1H3,(H,21,22). The zero-order valence-electron chi connectivity index (χ0n) is 12.3. The lowest BCUT2D eigenvalue weighted by molar-refractivity contribution is 0.0697. The minimum absolute atomic E-state index is 0.318. The molecule has 22 heavy (non-hydrogen) atoms. The molecule has 3 rings (SSSR count). The van der Waals surface area contributed by atoms with Gasteiger partial charge in [0, 0.05) is 0 Å². The van der Waals surface area contributed by atoms with Crippen molar-refractivity contribution < 1.29 is 9.90 Å². The summed E-state index contributed by atoms with van der Waals surface area (Å²) in [6, 6.07) is 23.7. The van der Waals surface area contributed by atoms with E-state index >= 15 is 0 Å². The molecule has 3 aromatic carbocycles. The molecule has 0 amide bonds. The number of carboxylic acid groups (broad SMARTS) is 1. The zero-order chi connectivity index (χ0) is 15.5. The molecule has 0 bridgehead atoms. The molecule has 108 valence electrons. The summed E-state index contributed by atoms with van der Waals surface area (Å²) < 4.78 is 0. The summed E-state index contributed by atoms with van der Waals surface area (Å²) in [5.41, 5.74) is 5.75. The van der Waals surface area contributed by atoms with E-state index in [1.54, 1.807) is 12.1 Å². The summed E-state index contributed by atoms with van der Waals surface area (Å²) in [7, 11) is 0. The lowest BCUT2D eigenvalue weighted by Crippen LogP contribution is -1.97. The van der Waals surface area contributed by atoms with Crippen molar-refractivity contribution in [1.82, 2.24) is 0 Å². The van der Waals surface area contributed by atoms with Gasteiger partial charge < -0.3 is 5.11 Å². The van der Waals surface area contributed by atoms with Crippen molar-refractivity contribution in [3.8, 4) is 22.3 Å². The Morgan fingerprint density at radius 3 is 2.05 bits per heavy atom. The summed E-state index contributed by atoms with van der Waals surface area (Å²) in [6.07, 6.45) is 0. The molecule has 0 atom stereocenters. The monoisotopic (exact) mass is 288 g/mol. The minimum Gasteiger partial charge on any atom is -0.478 e. The van der Waals surface area contributed by atoms with Crippen LogP contribution < -0.4 is 0 Å². The lowest BCUT2D eigenvalue weighted by Gasteiger charge is -2.13. The molecule has 2 heteroatoms. The Kier molecular flexibility index (Phi) is 3.75. The first-order valence-corrected chi connectivity index (χ1v) is 7.15. The highest BCUT2D eigenvalue weighted by molar-refractivity contribution is 5.90. The van der Waals surface area contributed by atoms with Crippen LogP contribution in [0.3, 0.4) is 0 Å². The van der Waals surface area contributed by atoms with E-state index in [1.165, 1.54) is 0 Å². The lowest BCUT2D eigenvalue weighted by atomic mass is 9.91. The van der Waals surface area contributed by atoms with Crippen LogP contribution in [0.2, 0.25) is 0 Å². The van der Waals surface area contributed by atoms with Crippen LogP contribution in [0.25, 0.3) is 22.3 Å². The molecule has 0 unspecified atom stereocenters. The number of carbonyl (C=O) groups is 1. The Labute approximate surface area is 129 Å². The maximum atomic E-state index is 11.1. The van der Waals surface area contributed by atoms with Gasteiger partial charge in [-0.1, -0.05) is 60.7 Å². The van der Waals surface area contributed by atoms with Crippen LogP contribution in [0.15, 0.2) is 72.8 Å². The van der Waals surface area contributed by atoms with Gasteiger partial charge in [0.25, 0.3) is 0 Å². The van der Waals surface area contributed by atoms with Crippen molar-refractivity contribution in [2.24, 2.45) is 0 Å². The first-order chi connectivity index (χ1) is 10.7. The van der Waals surface area contributed by atoms with Gasteiger partial charge in [0.1, 0.15) is 0 Å². The van der Waals surface area contributed by atoms with Gasteiger partial charge in [0.05, 0.1) is 5.56 Å². The molecular formula is C20H16O2. The van der Waals surface area contributed by atoms with Crippen LogP contribution in [0, 0.1) is 6.92 Å². The molecule has 0 heterocycles. The number of rotatable bonds is 3. The molecule has 2 nitrogen and oxygen atoms in total. The molecule has 0 aliphatic rings. The Balaban J connectivity index is 2.16. The minimum atomic E-state index is -0.897. The summed E-state index contributed by atoms with van der Waals surface area (Å²) >= 11 is 0. The second-order valence-corrected chi connectivity index (χ2v) is 5.25. The van der Waals surface area contributed by atoms with Crippen LogP contribution in [-0.4, -0.2) is 11.1 Å². The van der Waals surface area contributed by atoms with Gasteiger partial charge in [-0.25, -0.2) is 4.79 Å². The normalized spacial score (nSPS) is 10.4. The summed E-state index contributed by atoms with van der Waals surface area (Å²) in [6.45, 7) is 1.95. The number of carboxylic acids is 1. The Morgan fingerprint density at radius 2 is 1.41 bits per heavy atom. The van der Waals surface area contributed by atoms with E-state index in [0.29, 0.717) is 5.56 Å². The number of hydrogen-bond donors (Lipinski definition) is 1. The second kappa shape index (κ2) is 5.86.